The average Bonchev–Trinajstić information content (AvgIpc) is 2.51. The summed E-state index contributed by atoms with van der Waals surface area (Å²) in [5.74, 6) is 2.45. The summed E-state index contributed by atoms with van der Waals surface area (Å²) in [6.45, 7) is 2.00. The number of benzene rings is 1. The van der Waals surface area contributed by atoms with Crippen molar-refractivity contribution in [1.82, 2.24) is 0 Å². The third-order valence-electron chi connectivity index (χ3n) is 2.68. The first kappa shape index (κ1) is 16.6. The summed E-state index contributed by atoms with van der Waals surface area (Å²) in [4.78, 5) is 23.2. The van der Waals surface area contributed by atoms with Gasteiger partial charge in [0.1, 0.15) is 5.58 Å². The van der Waals surface area contributed by atoms with E-state index in [2.05, 4.69) is 32.4 Å². The Morgan fingerprint density at radius 1 is 1.45 bits per heavy atom. The van der Waals surface area contributed by atoms with Crippen LogP contribution in [-0.2, 0) is 9.53 Å². The summed E-state index contributed by atoms with van der Waals surface area (Å²) in [5.41, 5.74) is 1.02. The first-order valence-corrected chi connectivity index (χ1v) is 9.71. The van der Waals surface area contributed by atoms with Crippen LogP contribution in [0.2, 0.25) is 0 Å². The number of ether oxygens (including phenoxy) is 1. The van der Waals surface area contributed by atoms with Crippen LogP contribution in [0.25, 0.3) is 17.0 Å². The molecule has 4 nitrogen and oxygen atoms in total. The lowest BCUT2D eigenvalue weighted by Gasteiger charge is -1.99. The summed E-state index contributed by atoms with van der Waals surface area (Å²) >= 11 is 2.09. The van der Waals surface area contributed by atoms with Crippen LogP contribution in [0.5, 0.6) is 0 Å². The molecular formula is C16H11IO4S. The summed E-state index contributed by atoms with van der Waals surface area (Å²) in [5, 5.41) is 3.63. The molecule has 0 N–H and O–H groups in total. The Morgan fingerprint density at radius 2 is 2.27 bits per heavy atom. The summed E-state index contributed by atoms with van der Waals surface area (Å²) < 4.78 is 10.0. The van der Waals surface area contributed by atoms with Crippen molar-refractivity contribution < 1.29 is 13.9 Å². The highest BCUT2D eigenvalue weighted by molar-refractivity contribution is 14.2. The van der Waals surface area contributed by atoms with Crippen LogP contribution in [0.4, 0.5) is 0 Å². The average molecular weight is 426 g/mol. The predicted molar refractivity (Wildman–Crippen MR) is 96.6 cm³/mol. The minimum Gasteiger partial charge on any atom is -0.463 e. The largest absolute Gasteiger partial charge is 0.463 e. The Balaban J connectivity index is 2.37. The van der Waals surface area contributed by atoms with Gasteiger partial charge in [-0.15, -0.1) is 0 Å². The predicted octanol–water partition coefficient (Wildman–Crippen LogP) is 3.76. The van der Waals surface area contributed by atoms with Crippen molar-refractivity contribution in [2.45, 2.75) is 6.92 Å². The van der Waals surface area contributed by atoms with Crippen molar-refractivity contribution in [1.29, 1.82) is 0 Å². The van der Waals surface area contributed by atoms with Gasteiger partial charge in [-0.1, -0.05) is 5.92 Å². The van der Waals surface area contributed by atoms with E-state index in [1.54, 1.807) is 19.1 Å². The van der Waals surface area contributed by atoms with E-state index in [1.807, 2.05) is 12.1 Å². The quantitative estimate of drug-likeness (QED) is 0.246. The number of hydrogen-bond donors (Lipinski definition) is 0. The zero-order chi connectivity index (χ0) is 15.9. The number of esters is 1. The van der Waals surface area contributed by atoms with Gasteiger partial charge in [0, 0.05) is 38.2 Å². The molecule has 0 aliphatic rings. The third kappa shape index (κ3) is 4.39. The maximum Gasteiger partial charge on any atom is 0.343 e. The van der Waals surface area contributed by atoms with Crippen molar-refractivity contribution in [3.63, 3.8) is 0 Å². The van der Waals surface area contributed by atoms with Gasteiger partial charge >= 0.3 is 11.6 Å². The summed E-state index contributed by atoms with van der Waals surface area (Å²) in [7, 11) is 1.38. The fourth-order valence-electron chi connectivity index (χ4n) is 1.75. The van der Waals surface area contributed by atoms with Crippen LogP contribution in [0.15, 0.2) is 39.6 Å². The first-order chi connectivity index (χ1) is 10.6. The molecule has 0 atom stereocenters. The Hall–Kier alpha value is -1.72. The highest BCUT2D eigenvalue weighted by atomic mass is 127. The second-order valence-electron chi connectivity index (χ2n) is 4.13. The van der Waals surface area contributed by atoms with Crippen molar-refractivity contribution in [3.8, 4) is 11.2 Å². The molecule has 0 saturated heterocycles. The number of rotatable bonds is 3. The highest BCUT2D eigenvalue weighted by Gasteiger charge is 2.04. The minimum atomic E-state index is -0.513. The van der Waals surface area contributed by atoms with E-state index in [4.69, 9.17) is 9.15 Å². The molecule has 0 saturated carbocycles. The van der Waals surface area contributed by atoms with E-state index in [1.165, 1.54) is 21.1 Å². The van der Waals surface area contributed by atoms with Gasteiger partial charge < -0.3 is 9.15 Å². The first-order valence-electron chi connectivity index (χ1n) is 6.35. The van der Waals surface area contributed by atoms with Gasteiger partial charge in [-0.3, -0.25) is 0 Å². The van der Waals surface area contributed by atoms with E-state index in [0.717, 1.165) is 10.9 Å². The number of hydrogen-bond acceptors (Lipinski definition) is 5. The van der Waals surface area contributed by atoms with Crippen molar-refractivity contribution in [3.05, 3.63) is 51.9 Å². The van der Waals surface area contributed by atoms with Crippen LogP contribution >= 0.6 is 30.1 Å². The van der Waals surface area contributed by atoms with Crippen LogP contribution in [-0.4, -0.2) is 12.6 Å². The molecule has 6 heteroatoms. The molecule has 1 heterocycles. The Morgan fingerprint density at radius 3 is 3.00 bits per heavy atom. The molecule has 0 spiro atoms. The standard InChI is InChI=1S/C16H11IO4S/c1-2-20-15(18)6-5-13-10-12-4-3-11(7-8-22-17)9-14(12)21-16(13)19/h3-6,9-10H,2H2,1H3/b6-5+. The SMILES string of the molecule is CCOC(=O)/C=C/c1cc2ccc(C#CSI)cc2oc1=O. The van der Waals surface area contributed by atoms with Crippen molar-refractivity contribution in [2.24, 2.45) is 0 Å². The Bertz CT molecular complexity index is 843. The van der Waals surface area contributed by atoms with E-state index >= 15 is 0 Å². The molecule has 0 fully saturated rings. The molecule has 0 bridgehead atoms. The lowest BCUT2D eigenvalue weighted by Crippen LogP contribution is -2.04. The van der Waals surface area contributed by atoms with E-state index in [-0.39, 0.29) is 6.61 Å². The van der Waals surface area contributed by atoms with Gasteiger partial charge in [0.2, 0.25) is 0 Å². The number of halogens is 1. The molecule has 0 amide bonds. The van der Waals surface area contributed by atoms with Gasteiger partial charge in [0.05, 0.1) is 12.2 Å². The zero-order valence-electron chi connectivity index (χ0n) is 11.6. The van der Waals surface area contributed by atoms with Gasteiger partial charge in [-0.05, 0) is 51.5 Å². The molecule has 1 aromatic carbocycles. The molecule has 2 aromatic rings. The molecule has 22 heavy (non-hydrogen) atoms. The molecule has 2 rings (SSSR count). The van der Waals surface area contributed by atoms with Crippen molar-refractivity contribution in [2.75, 3.05) is 6.61 Å². The molecular weight excluding hydrogens is 415 g/mol. The molecule has 0 radical (unpaired) electrons. The topological polar surface area (TPSA) is 56.5 Å². The maximum atomic E-state index is 11.9. The van der Waals surface area contributed by atoms with Gasteiger partial charge in [-0.2, -0.15) is 0 Å². The molecule has 0 aliphatic carbocycles. The van der Waals surface area contributed by atoms with Crippen LogP contribution in [0.1, 0.15) is 18.1 Å². The maximum absolute atomic E-state index is 11.9. The normalized spacial score (nSPS) is 10.5. The zero-order valence-corrected chi connectivity index (χ0v) is 14.6. The van der Waals surface area contributed by atoms with Crippen LogP contribution in [0.3, 0.4) is 0 Å². The third-order valence-corrected chi connectivity index (χ3v) is 3.52. The summed E-state index contributed by atoms with van der Waals surface area (Å²) in [6, 6.07) is 7.06. The van der Waals surface area contributed by atoms with Gasteiger partial charge in [0.25, 0.3) is 0 Å². The van der Waals surface area contributed by atoms with Gasteiger partial charge in [0.15, 0.2) is 0 Å². The van der Waals surface area contributed by atoms with E-state index in [9.17, 15) is 9.59 Å². The monoisotopic (exact) mass is 426 g/mol. The summed E-state index contributed by atoms with van der Waals surface area (Å²) in [6.07, 6.45) is 2.60. The Kier molecular flexibility index (Phi) is 6.10. The highest BCUT2D eigenvalue weighted by Crippen LogP contribution is 2.16. The fourth-order valence-corrected chi connectivity index (χ4v) is 2.23. The Labute approximate surface area is 143 Å². The van der Waals surface area contributed by atoms with Gasteiger partial charge in [-0.25, -0.2) is 9.59 Å². The van der Waals surface area contributed by atoms with E-state index < -0.39 is 11.6 Å². The molecule has 0 unspecified atom stereocenters. The van der Waals surface area contributed by atoms with Crippen LogP contribution in [0, 0.1) is 11.2 Å². The van der Waals surface area contributed by atoms with Crippen LogP contribution < -0.4 is 5.63 Å². The van der Waals surface area contributed by atoms with E-state index in [0.29, 0.717) is 11.1 Å². The lowest BCUT2D eigenvalue weighted by molar-refractivity contribution is -0.137. The smallest absolute Gasteiger partial charge is 0.343 e. The fraction of sp³-hybridized carbons (Fsp3) is 0.125. The molecule has 0 aliphatic heterocycles. The number of fused-ring (bicyclic) bond motifs is 1. The molecule has 1 aromatic heterocycles. The minimum absolute atomic E-state index is 0.287. The number of carbonyl (C=O) groups excluding carboxylic acids is 1. The number of carbonyl (C=O) groups is 1. The molecule has 112 valence electrons. The second-order valence-corrected chi connectivity index (χ2v) is 5.81. The lowest BCUT2D eigenvalue weighted by atomic mass is 10.1. The second kappa shape index (κ2) is 8.06. The van der Waals surface area contributed by atoms with Crippen molar-refractivity contribution >= 4 is 53.2 Å².